The first-order chi connectivity index (χ1) is 13.9. The Hall–Kier alpha value is -2.13. The lowest BCUT2D eigenvalue weighted by atomic mass is 10.2. The molecule has 0 aliphatic carbocycles. The first-order valence-corrected chi connectivity index (χ1v) is 11.1. The number of hydrogen-bond donors (Lipinski definition) is 1. The van der Waals surface area contributed by atoms with Gasteiger partial charge < -0.3 is 10.1 Å². The summed E-state index contributed by atoms with van der Waals surface area (Å²) in [4.78, 5) is 14.5. The summed E-state index contributed by atoms with van der Waals surface area (Å²) in [6.07, 6.45) is 0. The maximum atomic E-state index is 12.7. The number of amides is 1. The lowest BCUT2D eigenvalue weighted by Crippen LogP contribution is -2.50. The van der Waals surface area contributed by atoms with Crippen molar-refractivity contribution in [1.29, 1.82) is 0 Å². The lowest BCUT2D eigenvalue weighted by molar-refractivity contribution is -0.122. The van der Waals surface area contributed by atoms with Gasteiger partial charge in [0.05, 0.1) is 18.6 Å². The van der Waals surface area contributed by atoms with Crippen molar-refractivity contribution in [1.82, 2.24) is 14.5 Å². The van der Waals surface area contributed by atoms with Crippen LogP contribution < -0.4 is 10.1 Å². The molecule has 0 atom stereocenters. The summed E-state index contributed by atoms with van der Waals surface area (Å²) in [5.74, 6) is 0.624. The van der Waals surface area contributed by atoms with Crippen LogP contribution in [0.2, 0.25) is 5.02 Å². The maximum absolute atomic E-state index is 12.7. The van der Waals surface area contributed by atoms with E-state index in [4.69, 9.17) is 16.3 Å². The minimum Gasteiger partial charge on any atom is -0.496 e. The van der Waals surface area contributed by atoms with Crippen LogP contribution in [0, 0.1) is 0 Å². The molecule has 1 amide bonds. The molecule has 0 radical (unpaired) electrons. The van der Waals surface area contributed by atoms with Crippen molar-refractivity contribution < 1.29 is 17.9 Å². The minimum absolute atomic E-state index is 0.107. The van der Waals surface area contributed by atoms with E-state index in [1.54, 1.807) is 19.2 Å². The monoisotopic (exact) mass is 437 g/mol. The second-order valence-electron chi connectivity index (χ2n) is 6.72. The number of para-hydroxylation sites is 1. The van der Waals surface area contributed by atoms with E-state index in [1.165, 1.54) is 16.4 Å². The molecule has 0 spiro atoms. The zero-order chi connectivity index (χ0) is 20.9. The van der Waals surface area contributed by atoms with E-state index < -0.39 is 10.0 Å². The number of hydrogen-bond acceptors (Lipinski definition) is 5. The van der Waals surface area contributed by atoms with Gasteiger partial charge in [0, 0.05) is 43.3 Å². The van der Waals surface area contributed by atoms with Gasteiger partial charge in [-0.15, -0.1) is 0 Å². The number of carbonyl (C=O) groups excluding carboxylic acids is 1. The Morgan fingerprint density at radius 1 is 1.07 bits per heavy atom. The second-order valence-corrected chi connectivity index (χ2v) is 9.10. The highest BCUT2D eigenvalue weighted by Gasteiger charge is 2.29. The number of ether oxygens (including phenoxy) is 1. The lowest BCUT2D eigenvalue weighted by Gasteiger charge is -2.33. The summed E-state index contributed by atoms with van der Waals surface area (Å²) in [6.45, 7) is 2.27. The Labute approximate surface area is 176 Å². The van der Waals surface area contributed by atoms with Crippen molar-refractivity contribution in [3.8, 4) is 5.75 Å². The molecular weight excluding hydrogens is 414 g/mol. The number of nitrogens with one attached hydrogen (secondary N) is 1. The smallest absolute Gasteiger partial charge is 0.243 e. The molecule has 1 aliphatic rings. The van der Waals surface area contributed by atoms with Crippen LogP contribution in [-0.2, 0) is 21.4 Å². The quantitative estimate of drug-likeness (QED) is 0.716. The molecule has 0 saturated carbocycles. The normalized spacial score (nSPS) is 15.8. The van der Waals surface area contributed by atoms with E-state index >= 15 is 0 Å². The van der Waals surface area contributed by atoms with Crippen molar-refractivity contribution in [2.24, 2.45) is 0 Å². The Balaban J connectivity index is 1.49. The summed E-state index contributed by atoms with van der Waals surface area (Å²) in [5, 5.41) is 3.38. The summed E-state index contributed by atoms with van der Waals surface area (Å²) in [7, 11) is -1.96. The molecular formula is C20H24ClN3O4S. The van der Waals surface area contributed by atoms with Crippen molar-refractivity contribution in [3.05, 3.63) is 59.1 Å². The highest BCUT2D eigenvalue weighted by atomic mass is 35.5. The number of rotatable bonds is 7. The van der Waals surface area contributed by atoms with E-state index in [-0.39, 0.29) is 17.3 Å². The molecule has 3 rings (SSSR count). The van der Waals surface area contributed by atoms with Crippen LogP contribution in [0.1, 0.15) is 5.56 Å². The van der Waals surface area contributed by atoms with E-state index in [1.807, 2.05) is 29.2 Å². The molecule has 0 aromatic heterocycles. The fourth-order valence-corrected chi connectivity index (χ4v) is 4.73. The van der Waals surface area contributed by atoms with E-state index in [0.717, 1.165) is 11.3 Å². The summed E-state index contributed by atoms with van der Waals surface area (Å²) >= 11 is 5.84. The van der Waals surface area contributed by atoms with Crippen molar-refractivity contribution in [2.45, 2.75) is 11.4 Å². The summed E-state index contributed by atoms with van der Waals surface area (Å²) < 4.78 is 32.2. The first kappa shape index (κ1) is 21.6. The number of piperazine rings is 1. The number of methoxy groups -OCH3 is 1. The van der Waals surface area contributed by atoms with Gasteiger partial charge in [-0.1, -0.05) is 29.8 Å². The highest BCUT2D eigenvalue weighted by Crippen LogP contribution is 2.20. The average Bonchev–Trinajstić information content (AvgIpc) is 2.73. The molecule has 0 unspecified atom stereocenters. The molecule has 2 aromatic rings. The topological polar surface area (TPSA) is 79.0 Å². The van der Waals surface area contributed by atoms with Crippen LogP contribution in [0.25, 0.3) is 0 Å². The molecule has 1 heterocycles. The van der Waals surface area contributed by atoms with Gasteiger partial charge in [-0.05, 0) is 30.3 Å². The molecule has 9 heteroatoms. The number of sulfonamides is 1. The van der Waals surface area contributed by atoms with E-state index in [9.17, 15) is 13.2 Å². The Morgan fingerprint density at radius 3 is 2.38 bits per heavy atom. The van der Waals surface area contributed by atoms with Crippen molar-refractivity contribution in [3.63, 3.8) is 0 Å². The molecule has 1 N–H and O–H groups in total. The van der Waals surface area contributed by atoms with Crippen LogP contribution >= 0.6 is 11.6 Å². The van der Waals surface area contributed by atoms with Crippen molar-refractivity contribution >= 4 is 27.5 Å². The Kier molecular flexibility index (Phi) is 7.13. The fourth-order valence-electron chi connectivity index (χ4n) is 3.19. The molecule has 1 aliphatic heterocycles. The SMILES string of the molecule is COc1ccccc1CNC(=O)CN1CCN(S(=O)(=O)c2ccc(Cl)cc2)CC1. The predicted molar refractivity (Wildman–Crippen MR) is 111 cm³/mol. The summed E-state index contributed by atoms with van der Waals surface area (Å²) in [6, 6.07) is 13.7. The molecule has 156 valence electrons. The van der Waals surface area contributed by atoms with Gasteiger partial charge in [-0.25, -0.2) is 8.42 Å². The third-order valence-electron chi connectivity index (χ3n) is 4.82. The largest absolute Gasteiger partial charge is 0.496 e. The number of carbonyl (C=O) groups is 1. The fraction of sp³-hybridized carbons (Fsp3) is 0.350. The van der Waals surface area contributed by atoms with Crippen LogP contribution in [0.15, 0.2) is 53.4 Å². The first-order valence-electron chi connectivity index (χ1n) is 9.27. The van der Waals surface area contributed by atoms with Gasteiger partial charge in [-0.2, -0.15) is 4.31 Å². The average molecular weight is 438 g/mol. The second kappa shape index (κ2) is 9.58. The van der Waals surface area contributed by atoms with Crippen LogP contribution in [0.5, 0.6) is 5.75 Å². The van der Waals surface area contributed by atoms with Gasteiger partial charge >= 0.3 is 0 Å². The van der Waals surface area contributed by atoms with Crippen LogP contribution in [0.4, 0.5) is 0 Å². The number of nitrogens with zero attached hydrogens (tertiary/aromatic N) is 2. The van der Waals surface area contributed by atoms with Gasteiger partial charge in [0.1, 0.15) is 5.75 Å². The molecule has 0 bridgehead atoms. The Bertz CT molecular complexity index is 942. The van der Waals surface area contributed by atoms with Crippen LogP contribution in [0.3, 0.4) is 0 Å². The Morgan fingerprint density at radius 2 is 1.72 bits per heavy atom. The van der Waals surface area contributed by atoms with Gasteiger partial charge in [0.2, 0.25) is 15.9 Å². The van der Waals surface area contributed by atoms with Crippen LogP contribution in [-0.4, -0.2) is 63.4 Å². The van der Waals surface area contributed by atoms with Gasteiger partial charge in [-0.3, -0.25) is 9.69 Å². The zero-order valence-corrected chi connectivity index (χ0v) is 17.7. The third-order valence-corrected chi connectivity index (χ3v) is 6.98. The van der Waals surface area contributed by atoms with Gasteiger partial charge in [0.25, 0.3) is 0 Å². The standard InChI is InChI=1S/C20H24ClN3O4S/c1-28-19-5-3-2-4-16(19)14-22-20(25)15-23-10-12-24(13-11-23)29(26,27)18-8-6-17(21)7-9-18/h2-9H,10-15H2,1H3,(H,22,25). The number of halogens is 1. The predicted octanol–water partition coefficient (Wildman–Crippen LogP) is 1.97. The number of benzene rings is 2. The van der Waals surface area contributed by atoms with E-state index in [2.05, 4.69) is 5.32 Å². The molecule has 7 nitrogen and oxygen atoms in total. The molecule has 2 aromatic carbocycles. The van der Waals surface area contributed by atoms with Gasteiger partial charge in [0.15, 0.2) is 0 Å². The minimum atomic E-state index is -3.55. The van der Waals surface area contributed by atoms with E-state index in [0.29, 0.717) is 37.7 Å². The maximum Gasteiger partial charge on any atom is 0.243 e. The molecule has 29 heavy (non-hydrogen) atoms. The zero-order valence-electron chi connectivity index (χ0n) is 16.2. The third kappa shape index (κ3) is 5.48. The highest BCUT2D eigenvalue weighted by molar-refractivity contribution is 7.89. The van der Waals surface area contributed by atoms with Crippen molar-refractivity contribution in [2.75, 3.05) is 39.8 Å². The molecule has 1 saturated heterocycles. The molecule has 1 fully saturated rings. The summed E-state index contributed by atoms with van der Waals surface area (Å²) in [5.41, 5.74) is 0.905.